The second kappa shape index (κ2) is 16.0. The molecule has 10 aliphatic rings. The number of nitrogens with zero attached hydrogens (tertiary/aromatic N) is 4. The number of rotatable bonds is 4. The maximum Gasteiger partial charge on any atom is 0.368 e. The van der Waals surface area contributed by atoms with E-state index in [1.165, 1.54) is 169 Å². The Bertz CT molecular complexity index is 4460. The lowest BCUT2D eigenvalue weighted by atomic mass is 9.56. The topological polar surface area (TPSA) is 13.0 Å². The average Bonchev–Trinajstić information content (AvgIpc) is 1.36. The van der Waals surface area contributed by atoms with Crippen molar-refractivity contribution in [2.24, 2.45) is 0 Å². The summed E-state index contributed by atoms with van der Waals surface area (Å²) < 4.78 is 0. The van der Waals surface area contributed by atoms with E-state index in [-0.39, 0.29) is 29.8 Å². The van der Waals surface area contributed by atoms with E-state index in [9.17, 15) is 0 Å². The van der Waals surface area contributed by atoms with Gasteiger partial charge in [0.1, 0.15) is 0 Å². The first-order valence-corrected chi connectivity index (χ1v) is 33.0. The minimum Gasteiger partial charge on any atom is -0.371 e. The molecule has 0 spiro atoms. The van der Waals surface area contributed by atoms with Crippen LogP contribution >= 0.6 is 69.7 Å². The fourth-order valence-corrected chi connectivity index (χ4v) is 24.1. The zero-order valence-corrected chi connectivity index (χ0v) is 47.7. The lowest BCUT2D eigenvalue weighted by Gasteiger charge is -2.52. The van der Waals surface area contributed by atoms with Crippen molar-refractivity contribution >= 4 is 172 Å². The quantitative estimate of drug-likeness (QED) is 0.157. The third-order valence-corrected chi connectivity index (χ3v) is 26.2. The summed E-state index contributed by atoms with van der Waals surface area (Å²) in [6, 6.07) is 81.3. The van der Waals surface area contributed by atoms with Crippen molar-refractivity contribution in [1.29, 1.82) is 0 Å². The maximum atomic E-state index is 2.76. The van der Waals surface area contributed by atoms with Gasteiger partial charge < -0.3 is 19.2 Å². The van der Waals surface area contributed by atoms with E-state index in [4.69, 9.17) is 0 Å². The van der Waals surface area contributed by atoms with Crippen LogP contribution in [0.2, 0.25) is 0 Å². The molecule has 0 N–H and O–H groups in total. The number of hydrogen-bond donors (Lipinski definition) is 0. The molecule has 370 valence electrons. The normalized spacial score (nSPS) is 16.1. The molecule has 0 aliphatic carbocycles. The summed E-state index contributed by atoms with van der Waals surface area (Å²) >= 11 is 12.4. The highest BCUT2D eigenvalue weighted by molar-refractivity contribution is 8.56. The summed E-state index contributed by atoms with van der Waals surface area (Å²) in [6.07, 6.45) is 0.101. The lowest BCUT2D eigenvalue weighted by Crippen LogP contribution is -2.58. The van der Waals surface area contributed by atoms with E-state index in [1.54, 1.807) is 0 Å². The molecule has 0 aromatic heterocycles. The second-order valence-electron chi connectivity index (χ2n) is 22.3. The van der Waals surface area contributed by atoms with Gasteiger partial charge >= 0.3 is 29.8 Å². The molecule has 0 fully saturated rings. The third-order valence-electron chi connectivity index (χ3n) is 18.5. The Balaban J connectivity index is 0.901. The summed E-state index contributed by atoms with van der Waals surface area (Å²) in [4.78, 5) is 19.2. The first-order valence-electron chi connectivity index (χ1n) is 27.8. The van der Waals surface area contributed by atoms with Crippen LogP contribution < -0.4 is 46.6 Å². The summed E-state index contributed by atoms with van der Waals surface area (Å²) in [5, 5.41) is 0.0957. The zero-order chi connectivity index (χ0) is 52.1. The Kier molecular flexibility index (Phi) is 8.81. The Morgan fingerprint density at radius 2 is 0.543 bits per heavy atom. The molecular weight excluding hydrogens is 1100 g/mol. The van der Waals surface area contributed by atoms with Gasteiger partial charge in [0.25, 0.3) is 0 Å². The molecule has 0 unspecified atom stereocenters. The smallest absolute Gasteiger partial charge is 0.368 e. The van der Waals surface area contributed by atoms with Gasteiger partial charge in [0, 0.05) is 97.1 Å². The molecule has 21 rings (SSSR count). The molecule has 11 aromatic rings. The molecule has 0 radical (unpaired) electrons. The molecular formula is C66H35B5N4S6. The van der Waals surface area contributed by atoms with Crippen LogP contribution in [0.4, 0.5) is 45.5 Å². The SMILES string of the molecule is c1ccc(N2B3Sc4ccccc4-c4ccc5c(c43)-c3c2cc2c4c3B(S5)N(c3ccccc3)c3cc5c6c(c3-4)B(S2)Sc2cc3c4c(c2-6)B(Sc2ccc6c(c2-4)B(Sc2ccccc2-6)N3c2ccccc2)N5c2ccccc2)cc1. The van der Waals surface area contributed by atoms with Crippen LogP contribution in [-0.4, -0.2) is 29.8 Å². The zero-order valence-electron chi connectivity index (χ0n) is 42.8. The van der Waals surface area contributed by atoms with Crippen LogP contribution in [0.25, 0.3) is 66.8 Å². The Morgan fingerprint density at radius 3 is 0.951 bits per heavy atom. The van der Waals surface area contributed by atoms with Crippen molar-refractivity contribution in [3.05, 3.63) is 212 Å². The van der Waals surface area contributed by atoms with Gasteiger partial charge in [-0.2, -0.15) is 23.2 Å². The fourth-order valence-electron chi connectivity index (χ4n) is 15.5. The van der Waals surface area contributed by atoms with Gasteiger partial charge in [0.2, 0.25) is 0 Å². The third kappa shape index (κ3) is 5.58. The average molecular weight is 1130 g/mol. The van der Waals surface area contributed by atoms with Crippen LogP contribution in [0.5, 0.6) is 0 Å². The largest absolute Gasteiger partial charge is 0.371 e. The molecule has 0 saturated heterocycles. The predicted octanol–water partition coefficient (Wildman–Crippen LogP) is 15.4. The molecule has 4 nitrogen and oxygen atoms in total. The molecule has 11 aromatic carbocycles. The summed E-state index contributed by atoms with van der Waals surface area (Å²) in [5.41, 5.74) is 34.3. The van der Waals surface area contributed by atoms with E-state index in [0.29, 0.717) is 0 Å². The second-order valence-corrected chi connectivity index (χ2v) is 29.3. The molecule has 0 saturated carbocycles. The Labute approximate surface area is 495 Å². The first-order chi connectivity index (χ1) is 40.2. The number of anilines is 8. The first kappa shape index (κ1) is 44.7. The van der Waals surface area contributed by atoms with Gasteiger partial charge in [-0.05, 0) is 163 Å². The molecule has 0 bridgehead atoms. The highest BCUT2D eigenvalue weighted by Gasteiger charge is 2.58. The number of benzene rings is 11. The fraction of sp³-hybridized carbons (Fsp3) is 0. The highest BCUT2D eigenvalue weighted by atomic mass is 32.2. The van der Waals surface area contributed by atoms with Gasteiger partial charge in [-0.15, -0.1) is 46.5 Å². The molecule has 0 amide bonds. The van der Waals surface area contributed by atoms with Crippen LogP contribution in [0.1, 0.15) is 0 Å². The summed E-state index contributed by atoms with van der Waals surface area (Å²) in [5.74, 6) is 0. The Morgan fingerprint density at radius 1 is 0.222 bits per heavy atom. The summed E-state index contributed by atoms with van der Waals surface area (Å²) in [6.45, 7) is 0. The van der Waals surface area contributed by atoms with Crippen LogP contribution in [0.15, 0.2) is 242 Å². The van der Waals surface area contributed by atoms with Crippen molar-refractivity contribution in [1.82, 2.24) is 0 Å². The number of para-hydroxylation sites is 4. The van der Waals surface area contributed by atoms with Gasteiger partial charge in [0.15, 0.2) is 0 Å². The van der Waals surface area contributed by atoms with Crippen LogP contribution in [-0.2, 0) is 0 Å². The standard InChI is InChI=1S/C66H35B5N4S6/c1-5-17-36(18-6-1)72-44-33-45-57-61-53(35-47-55-59-51(79-70(65(55)61)73(45)37-19-7-2-8-20-37)32-30-43-41-26-14-16-28-49(41)77-68(63(43)59)75(47)39-23-11-4-12-24-39)81-71-66(57)56(44)60-52(80-71)34-46-54-58-50(78-69(72)64(54)60)31-29-42-40-25-13-15-27-48(40)76-67(62(42)58)74(46)38-21-9-3-10-22-38/h1-35H. The lowest BCUT2D eigenvalue weighted by molar-refractivity contribution is 1.28. The summed E-state index contributed by atoms with van der Waals surface area (Å²) in [7, 11) is 0. The molecule has 10 heterocycles. The van der Waals surface area contributed by atoms with Gasteiger partial charge in [-0.1, -0.05) is 121 Å². The molecule has 15 heteroatoms. The van der Waals surface area contributed by atoms with E-state index < -0.39 is 0 Å². The van der Waals surface area contributed by atoms with E-state index in [2.05, 4.69) is 278 Å². The van der Waals surface area contributed by atoms with Crippen molar-refractivity contribution in [2.75, 3.05) is 19.2 Å². The number of fused-ring (bicyclic) bond motifs is 4. The minimum atomic E-state index is -0.0174. The molecule has 0 atom stereocenters. The van der Waals surface area contributed by atoms with Crippen molar-refractivity contribution in [2.45, 2.75) is 29.4 Å². The van der Waals surface area contributed by atoms with Crippen molar-refractivity contribution < 1.29 is 0 Å². The van der Waals surface area contributed by atoms with E-state index >= 15 is 0 Å². The monoisotopic (exact) mass is 1130 g/mol. The van der Waals surface area contributed by atoms with E-state index in [1.807, 2.05) is 23.2 Å². The van der Waals surface area contributed by atoms with Crippen molar-refractivity contribution in [3.8, 4) is 66.8 Å². The van der Waals surface area contributed by atoms with Crippen molar-refractivity contribution in [3.63, 3.8) is 0 Å². The molecule has 81 heavy (non-hydrogen) atoms. The minimum absolute atomic E-state index is 0.0174. The van der Waals surface area contributed by atoms with Crippen LogP contribution in [0, 0.1) is 0 Å². The van der Waals surface area contributed by atoms with Crippen LogP contribution in [0.3, 0.4) is 0 Å². The predicted molar refractivity (Wildman–Crippen MR) is 355 cm³/mol. The van der Waals surface area contributed by atoms with Gasteiger partial charge in [-0.25, -0.2) is 0 Å². The van der Waals surface area contributed by atoms with Gasteiger partial charge in [0.05, 0.1) is 0 Å². The molecule has 10 aliphatic heterocycles. The number of hydrogen-bond acceptors (Lipinski definition) is 10. The van der Waals surface area contributed by atoms with E-state index in [0.717, 1.165) is 0 Å². The highest BCUT2D eigenvalue weighted by Crippen LogP contribution is 2.66. The Hall–Kier alpha value is -6.96. The maximum absolute atomic E-state index is 2.76. The van der Waals surface area contributed by atoms with Gasteiger partial charge in [-0.3, -0.25) is 0 Å².